The average molecular weight is 228 g/mol. The van der Waals surface area contributed by atoms with Crippen LogP contribution in [-0.2, 0) is 20.9 Å². The van der Waals surface area contributed by atoms with Crippen molar-refractivity contribution >= 4 is 10.1 Å². The molecule has 0 radical (unpaired) electrons. The molecule has 0 atom stereocenters. The molecule has 0 amide bonds. The molecule has 0 fully saturated rings. The van der Waals surface area contributed by atoms with Crippen molar-refractivity contribution in [2.24, 2.45) is 0 Å². The third-order valence-electron chi connectivity index (χ3n) is 1.69. The first-order valence-corrected chi connectivity index (χ1v) is 5.84. The van der Waals surface area contributed by atoms with Crippen LogP contribution in [-0.4, -0.2) is 14.7 Å². The van der Waals surface area contributed by atoms with Gasteiger partial charge in [-0.1, -0.05) is 12.0 Å². The van der Waals surface area contributed by atoms with E-state index in [1.165, 1.54) is 18.2 Å². The van der Waals surface area contributed by atoms with Crippen LogP contribution >= 0.6 is 0 Å². The molecule has 0 saturated carbocycles. The summed E-state index contributed by atoms with van der Waals surface area (Å²) in [6.07, 6.45) is 6.03. The lowest BCUT2D eigenvalue weighted by Crippen LogP contribution is -2.05. The summed E-state index contributed by atoms with van der Waals surface area (Å²) < 4.78 is 39.2. The Hall–Kier alpha value is -1.38. The maximum absolute atomic E-state index is 13.2. The Labute approximate surface area is 88.0 Å². The van der Waals surface area contributed by atoms with Gasteiger partial charge in [-0.3, -0.25) is 4.18 Å². The molecule has 0 aliphatic rings. The molecule has 3 nitrogen and oxygen atoms in total. The molecule has 0 aliphatic heterocycles. The maximum atomic E-state index is 13.2. The second kappa shape index (κ2) is 4.43. The van der Waals surface area contributed by atoms with Crippen molar-refractivity contribution in [3.8, 4) is 12.3 Å². The zero-order valence-electron chi connectivity index (χ0n) is 8.03. The average Bonchev–Trinajstić information content (AvgIpc) is 2.14. The quantitative estimate of drug-likeness (QED) is 0.578. The van der Waals surface area contributed by atoms with Gasteiger partial charge in [0.1, 0.15) is 5.82 Å². The molecule has 15 heavy (non-hydrogen) atoms. The van der Waals surface area contributed by atoms with Gasteiger partial charge in [0.2, 0.25) is 0 Å². The minimum absolute atomic E-state index is 0.0745. The number of rotatable bonds is 3. The molecule has 0 aromatic heterocycles. The van der Waals surface area contributed by atoms with Gasteiger partial charge in [-0.15, -0.1) is 6.42 Å². The van der Waals surface area contributed by atoms with Crippen molar-refractivity contribution in [3.63, 3.8) is 0 Å². The third-order valence-corrected chi connectivity index (χ3v) is 2.24. The van der Waals surface area contributed by atoms with E-state index in [2.05, 4.69) is 10.1 Å². The van der Waals surface area contributed by atoms with Gasteiger partial charge in [0.05, 0.1) is 12.9 Å². The van der Waals surface area contributed by atoms with Crippen LogP contribution in [0.3, 0.4) is 0 Å². The number of halogens is 1. The highest BCUT2D eigenvalue weighted by Gasteiger charge is 2.10. The maximum Gasteiger partial charge on any atom is 0.264 e. The summed E-state index contributed by atoms with van der Waals surface area (Å²) in [5, 5.41) is 0. The van der Waals surface area contributed by atoms with Crippen molar-refractivity contribution in [2.45, 2.75) is 6.61 Å². The molecule has 1 aromatic rings. The highest BCUT2D eigenvalue weighted by Crippen LogP contribution is 2.14. The van der Waals surface area contributed by atoms with Gasteiger partial charge in [-0.25, -0.2) is 4.39 Å². The summed E-state index contributed by atoms with van der Waals surface area (Å²) in [5.41, 5.74) is 0.365. The molecular weight excluding hydrogens is 219 g/mol. The molecule has 0 spiro atoms. The standard InChI is InChI=1S/C10H9FO3S/c1-3-8-5-4-6-10(11)9(8)7-14-15(2,12)13/h1,4-6H,7H2,2H3. The third kappa shape index (κ3) is 3.35. The Bertz CT molecular complexity index is 500. The first kappa shape index (κ1) is 11.7. The van der Waals surface area contributed by atoms with Crippen LogP contribution in [0, 0.1) is 18.2 Å². The molecule has 0 bridgehead atoms. The molecule has 1 rings (SSSR count). The van der Waals surface area contributed by atoms with E-state index in [9.17, 15) is 12.8 Å². The van der Waals surface area contributed by atoms with Gasteiger partial charge in [0.15, 0.2) is 0 Å². The van der Waals surface area contributed by atoms with E-state index in [0.29, 0.717) is 5.56 Å². The topological polar surface area (TPSA) is 43.4 Å². The highest BCUT2D eigenvalue weighted by atomic mass is 32.2. The molecule has 0 N–H and O–H groups in total. The van der Waals surface area contributed by atoms with Crippen LogP contribution in [0.1, 0.15) is 11.1 Å². The predicted molar refractivity (Wildman–Crippen MR) is 54.0 cm³/mol. The summed E-state index contributed by atoms with van der Waals surface area (Å²) >= 11 is 0. The monoisotopic (exact) mass is 228 g/mol. The summed E-state index contributed by atoms with van der Waals surface area (Å²) in [6, 6.07) is 4.17. The van der Waals surface area contributed by atoms with Gasteiger partial charge in [-0.2, -0.15) is 8.42 Å². The van der Waals surface area contributed by atoms with E-state index in [1.54, 1.807) is 0 Å². The predicted octanol–water partition coefficient (Wildman–Crippen LogP) is 1.28. The first-order chi connectivity index (χ1) is 6.94. The normalized spacial score (nSPS) is 11.0. The minimum atomic E-state index is -3.60. The largest absolute Gasteiger partial charge is 0.265 e. The van der Waals surface area contributed by atoms with E-state index in [-0.39, 0.29) is 12.2 Å². The summed E-state index contributed by atoms with van der Waals surface area (Å²) in [6.45, 7) is -0.384. The molecular formula is C10H9FO3S. The van der Waals surface area contributed by atoms with Crippen LogP contribution < -0.4 is 0 Å². The Morgan fingerprint density at radius 2 is 2.20 bits per heavy atom. The van der Waals surface area contributed by atoms with E-state index in [4.69, 9.17) is 6.42 Å². The fourth-order valence-electron chi connectivity index (χ4n) is 1.01. The SMILES string of the molecule is C#Cc1cccc(F)c1COS(C)(=O)=O. The molecule has 0 aliphatic carbocycles. The molecule has 0 heterocycles. The minimum Gasteiger partial charge on any atom is -0.265 e. The van der Waals surface area contributed by atoms with E-state index >= 15 is 0 Å². The molecule has 0 unspecified atom stereocenters. The molecule has 5 heteroatoms. The van der Waals surface area contributed by atoms with Crippen LogP contribution in [0.25, 0.3) is 0 Å². The van der Waals surface area contributed by atoms with Crippen LogP contribution in [0.15, 0.2) is 18.2 Å². The van der Waals surface area contributed by atoms with Crippen molar-refractivity contribution in [1.29, 1.82) is 0 Å². The Kier molecular flexibility index (Phi) is 3.45. The summed E-state index contributed by atoms with van der Waals surface area (Å²) in [7, 11) is -3.60. The van der Waals surface area contributed by atoms with Gasteiger partial charge >= 0.3 is 0 Å². The number of hydrogen-bond donors (Lipinski definition) is 0. The van der Waals surface area contributed by atoms with Gasteiger partial charge in [0, 0.05) is 11.1 Å². The van der Waals surface area contributed by atoms with Gasteiger partial charge in [0.25, 0.3) is 10.1 Å². The lowest BCUT2D eigenvalue weighted by atomic mass is 10.1. The lowest BCUT2D eigenvalue weighted by molar-refractivity contribution is 0.305. The molecule has 0 saturated heterocycles. The van der Waals surface area contributed by atoms with Crippen molar-refractivity contribution in [3.05, 3.63) is 35.1 Å². The zero-order chi connectivity index (χ0) is 11.5. The van der Waals surface area contributed by atoms with Crippen LogP contribution in [0.2, 0.25) is 0 Å². The number of terminal acetylenes is 1. The second-order valence-corrected chi connectivity index (χ2v) is 4.52. The van der Waals surface area contributed by atoms with E-state index < -0.39 is 15.9 Å². The van der Waals surface area contributed by atoms with E-state index in [0.717, 1.165) is 6.26 Å². The Morgan fingerprint density at radius 1 is 1.53 bits per heavy atom. The summed E-state index contributed by atoms with van der Waals surface area (Å²) in [4.78, 5) is 0. The lowest BCUT2D eigenvalue weighted by Gasteiger charge is -2.05. The Balaban J connectivity index is 3.00. The van der Waals surface area contributed by atoms with Gasteiger partial charge < -0.3 is 0 Å². The summed E-state index contributed by atoms with van der Waals surface area (Å²) in [5.74, 6) is 1.68. The number of benzene rings is 1. The van der Waals surface area contributed by atoms with Crippen LogP contribution in [0.4, 0.5) is 4.39 Å². The smallest absolute Gasteiger partial charge is 0.264 e. The van der Waals surface area contributed by atoms with Crippen LogP contribution in [0.5, 0.6) is 0 Å². The first-order valence-electron chi connectivity index (χ1n) is 4.02. The molecule has 1 aromatic carbocycles. The highest BCUT2D eigenvalue weighted by molar-refractivity contribution is 7.85. The Morgan fingerprint density at radius 3 is 2.73 bits per heavy atom. The van der Waals surface area contributed by atoms with Crippen molar-refractivity contribution in [1.82, 2.24) is 0 Å². The van der Waals surface area contributed by atoms with Gasteiger partial charge in [-0.05, 0) is 12.1 Å². The zero-order valence-corrected chi connectivity index (χ0v) is 8.84. The van der Waals surface area contributed by atoms with Crippen molar-refractivity contribution < 1.29 is 17.0 Å². The van der Waals surface area contributed by atoms with Crippen molar-refractivity contribution in [2.75, 3.05) is 6.26 Å². The second-order valence-electron chi connectivity index (χ2n) is 2.88. The van der Waals surface area contributed by atoms with E-state index in [1.807, 2.05) is 0 Å². The molecule has 80 valence electrons. The number of hydrogen-bond acceptors (Lipinski definition) is 3. The fourth-order valence-corrected chi connectivity index (χ4v) is 1.34. The fraction of sp³-hybridized carbons (Fsp3) is 0.200.